The smallest absolute Gasteiger partial charge is 0.264 e. The maximum Gasteiger partial charge on any atom is 0.264 e. The second-order valence-electron chi connectivity index (χ2n) is 8.92. The molecule has 4 aliphatic rings. The van der Waals surface area contributed by atoms with Crippen molar-refractivity contribution in [3.8, 4) is 0 Å². The van der Waals surface area contributed by atoms with Gasteiger partial charge in [-0.05, 0) is 56.3 Å². The predicted molar refractivity (Wildman–Crippen MR) is 111 cm³/mol. The van der Waals surface area contributed by atoms with Gasteiger partial charge in [-0.1, -0.05) is 0 Å². The molecule has 4 rings (SSSR count). The Labute approximate surface area is 181 Å². The predicted octanol–water partition coefficient (Wildman–Crippen LogP) is 2.01. The van der Waals surface area contributed by atoms with Gasteiger partial charge in [-0.2, -0.15) is 8.42 Å². The van der Waals surface area contributed by atoms with Crippen molar-refractivity contribution in [3.63, 3.8) is 0 Å². The first-order valence-corrected chi connectivity index (χ1v) is 13.1. The van der Waals surface area contributed by atoms with Crippen LogP contribution >= 0.6 is 0 Å². The van der Waals surface area contributed by atoms with Crippen LogP contribution in [0.2, 0.25) is 0 Å². The molecule has 0 aliphatic heterocycles. The molecule has 4 bridgehead atoms. The molecule has 0 N–H and O–H groups in total. The van der Waals surface area contributed by atoms with E-state index in [2.05, 4.69) is 4.18 Å². The van der Waals surface area contributed by atoms with Gasteiger partial charge in [0, 0.05) is 0 Å². The average molecular weight is 451 g/mol. The Kier molecular flexibility index (Phi) is 9.81. The minimum absolute atomic E-state index is 0.0233. The molecule has 8 nitrogen and oxygen atoms in total. The summed E-state index contributed by atoms with van der Waals surface area (Å²) in [5.74, 6) is 2.73. The van der Waals surface area contributed by atoms with Gasteiger partial charge in [0.25, 0.3) is 10.1 Å². The van der Waals surface area contributed by atoms with Crippen molar-refractivity contribution >= 4 is 10.1 Å². The highest BCUT2D eigenvalue weighted by atomic mass is 32.2. The molecule has 4 saturated carbocycles. The summed E-state index contributed by atoms with van der Waals surface area (Å²) in [6.07, 6.45) is 9.12. The topological polar surface area (TPSA) is 89.5 Å². The summed E-state index contributed by atoms with van der Waals surface area (Å²) in [4.78, 5) is 0. The van der Waals surface area contributed by atoms with Crippen LogP contribution in [-0.2, 0) is 38.0 Å². The van der Waals surface area contributed by atoms with Gasteiger partial charge >= 0.3 is 0 Å². The molecule has 0 saturated heterocycles. The van der Waals surface area contributed by atoms with Crippen molar-refractivity contribution in [1.82, 2.24) is 0 Å². The van der Waals surface area contributed by atoms with Crippen molar-refractivity contribution in [2.24, 2.45) is 17.8 Å². The third-order valence-corrected chi connectivity index (χ3v) is 6.85. The fourth-order valence-electron chi connectivity index (χ4n) is 5.53. The van der Waals surface area contributed by atoms with E-state index in [1.54, 1.807) is 0 Å². The summed E-state index contributed by atoms with van der Waals surface area (Å²) >= 11 is 0. The summed E-state index contributed by atoms with van der Waals surface area (Å²) in [6, 6.07) is 0. The quantitative estimate of drug-likeness (QED) is 0.246. The zero-order valence-corrected chi connectivity index (χ0v) is 19.0. The molecular formula is C21H38O8S. The van der Waals surface area contributed by atoms with Crippen molar-refractivity contribution in [3.05, 3.63) is 0 Å². The molecule has 0 amide bonds. The van der Waals surface area contributed by atoms with Crippen molar-refractivity contribution in [1.29, 1.82) is 0 Å². The van der Waals surface area contributed by atoms with Crippen LogP contribution in [0.4, 0.5) is 0 Å². The fourth-order valence-corrected chi connectivity index (χ4v) is 5.90. The Morgan fingerprint density at radius 1 is 0.633 bits per heavy atom. The van der Waals surface area contributed by atoms with E-state index in [1.807, 2.05) is 0 Å². The molecular weight excluding hydrogens is 412 g/mol. The van der Waals surface area contributed by atoms with E-state index in [0.717, 1.165) is 24.0 Å². The maximum absolute atomic E-state index is 10.7. The summed E-state index contributed by atoms with van der Waals surface area (Å²) < 4.78 is 54.1. The van der Waals surface area contributed by atoms with E-state index in [9.17, 15) is 8.42 Å². The van der Waals surface area contributed by atoms with Gasteiger partial charge in [0.1, 0.15) is 0 Å². The lowest BCUT2D eigenvalue weighted by molar-refractivity contribution is -0.169. The number of hydrogen-bond acceptors (Lipinski definition) is 8. The molecule has 176 valence electrons. The first-order valence-electron chi connectivity index (χ1n) is 11.2. The Morgan fingerprint density at radius 2 is 1.00 bits per heavy atom. The van der Waals surface area contributed by atoms with Gasteiger partial charge in [0.05, 0.1) is 77.9 Å². The molecule has 0 aromatic rings. The van der Waals surface area contributed by atoms with Crippen LogP contribution in [-0.4, -0.2) is 86.3 Å². The fraction of sp³-hybridized carbons (Fsp3) is 1.00. The molecule has 0 heterocycles. The molecule has 0 unspecified atom stereocenters. The first-order chi connectivity index (χ1) is 14.4. The van der Waals surface area contributed by atoms with E-state index < -0.39 is 10.1 Å². The standard InChI is InChI=1S/C21H38O8S/c1-30(22,23)29-11-9-27-7-5-25-3-2-24-4-6-26-8-10-28-21-15-18-12-19(16-21)14-20(13-18)17-21/h18-20H,2-17H2,1H3. The number of ether oxygens (including phenoxy) is 5. The van der Waals surface area contributed by atoms with E-state index in [1.165, 1.54) is 38.5 Å². The lowest BCUT2D eigenvalue weighted by Gasteiger charge is -2.56. The Balaban J connectivity index is 1.06. The van der Waals surface area contributed by atoms with E-state index in [4.69, 9.17) is 23.7 Å². The highest BCUT2D eigenvalue weighted by molar-refractivity contribution is 7.85. The summed E-state index contributed by atoms with van der Waals surface area (Å²) in [5, 5.41) is 0. The monoisotopic (exact) mass is 450 g/mol. The van der Waals surface area contributed by atoms with Crippen LogP contribution in [0.25, 0.3) is 0 Å². The van der Waals surface area contributed by atoms with Crippen LogP contribution in [0, 0.1) is 17.8 Å². The minimum Gasteiger partial charge on any atom is -0.377 e. The molecule has 0 atom stereocenters. The first kappa shape index (κ1) is 24.4. The highest BCUT2D eigenvalue weighted by Crippen LogP contribution is 2.57. The molecule has 0 aromatic heterocycles. The van der Waals surface area contributed by atoms with E-state index in [0.29, 0.717) is 52.9 Å². The molecule has 0 spiro atoms. The Hall–Kier alpha value is -0.290. The second-order valence-corrected chi connectivity index (χ2v) is 10.6. The zero-order valence-electron chi connectivity index (χ0n) is 18.2. The van der Waals surface area contributed by atoms with Gasteiger partial charge in [0.2, 0.25) is 0 Å². The van der Waals surface area contributed by atoms with Gasteiger partial charge < -0.3 is 23.7 Å². The van der Waals surface area contributed by atoms with Gasteiger partial charge in [0.15, 0.2) is 0 Å². The van der Waals surface area contributed by atoms with Crippen molar-refractivity contribution < 1.29 is 36.3 Å². The van der Waals surface area contributed by atoms with Gasteiger partial charge in [-0.25, -0.2) is 0 Å². The molecule has 9 heteroatoms. The van der Waals surface area contributed by atoms with Gasteiger partial charge in [-0.3, -0.25) is 4.18 Å². The van der Waals surface area contributed by atoms with Crippen molar-refractivity contribution in [2.45, 2.75) is 44.1 Å². The lowest BCUT2D eigenvalue weighted by atomic mass is 9.54. The van der Waals surface area contributed by atoms with E-state index >= 15 is 0 Å². The highest BCUT2D eigenvalue weighted by Gasteiger charge is 2.51. The normalized spacial score (nSPS) is 30.2. The van der Waals surface area contributed by atoms with Crippen LogP contribution < -0.4 is 0 Å². The van der Waals surface area contributed by atoms with Crippen LogP contribution in [0.3, 0.4) is 0 Å². The molecule has 4 aliphatic carbocycles. The molecule has 4 fully saturated rings. The average Bonchev–Trinajstić information content (AvgIpc) is 2.65. The summed E-state index contributed by atoms with van der Waals surface area (Å²) in [7, 11) is -3.40. The summed E-state index contributed by atoms with van der Waals surface area (Å²) in [6.45, 7) is 4.47. The van der Waals surface area contributed by atoms with E-state index in [-0.39, 0.29) is 18.8 Å². The number of rotatable bonds is 17. The summed E-state index contributed by atoms with van der Waals surface area (Å²) in [5.41, 5.74) is 0.163. The second kappa shape index (κ2) is 12.1. The van der Waals surface area contributed by atoms with Crippen LogP contribution in [0.5, 0.6) is 0 Å². The zero-order chi connectivity index (χ0) is 21.3. The lowest BCUT2D eigenvalue weighted by Crippen LogP contribution is -2.52. The maximum atomic E-state index is 10.7. The largest absolute Gasteiger partial charge is 0.377 e. The molecule has 0 aromatic carbocycles. The SMILES string of the molecule is CS(=O)(=O)OCCOCCOCCOCCOCCOC12CC3CC(CC(C3)C1)C2. The van der Waals surface area contributed by atoms with Gasteiger partial charge in [-0.15, -0.1) is 0 Å². The Bertz CT molecular complexity index is 559. The minimum atomic E-state index is -3.40. The Morgan fingerprint density at radius 3 is 1.40 bits per heavy atom. The third kappa shape index (κ3) is 8.68. The third-order valence-electron chi connectivity index (χ3n) is 6.26. The van der Waals surface area contributed by atoms with Crippen molar-refractivity contribution in [2.75, 3.05) is 72.3 Å². The van der Waals surface area contributed by atoms with Crippen LogP contribution in [0.15, 0.2) is 0 Å². The molecule has 30 heavy (non-hydrogen) atoms. The van der Waals surface area contributed by atoms with Crippen LogP contribution in [0.1, 0.15) is 38.5 Å². The molecule has 0 radical (unpaired) electrons. The number of hydrogen-bond donors (Lipinski definition) is 0.